The number of methoxy groups -OCH3 is 1. The molecule has 3 aromatic carbocycles. The maximum Gasteiger partial charge on any atom is 0.277 e. The summed E-state index contributed by atoms with van der Waals surface area (Å²) in [4.78, 5) is 13.1. The van der Waals surface area contributed by atoms with Crippen LogP contribution in [0.3, 0.4) is 0 Å². The van der Waals surface area contributed by atoms with Gasteiger partial charge in [-0.1, -0.05) is 60.2 Å². The van der Waals surface area contributed by atoms with Gasteiger partial charge < -0.3 is 14.5 Å². The molecule has 0 bridgehead atoms. The fraction of sp³-hybridized carbons (Fsp3) is 0.160. The minimum absolute atomic E-state index is 0.153. The van der Waals surface area contributed by atoms with Crippen molar-refractivity contribution in [3.63, 3.8) is 0 Å². The number of carbonyl (C=O) groups excluding carboxylic acids is 1. The Bertz CT molecular complexity index is 1160. The summed E-state index contributed by atoms with van der Waals surface area (Å²) < 4.78 is 11.0. The summed E-state index contributed by atoms with van der Waals surface area (Å²) in [5, 5.41) is 11.1. The van der Waals surface area contributed by atoms with Gasteiger partial charge in [-0.15, -0.1) is 10.2 Å². The topological polar surface area (TPSA) is 77.2 Å². The van der Waals surface area contributed by atoms with Crippen molar-refractivity contribution < 1.29 is 13.9 Å². The van der Waals surface area contributed by atoms with E-state index < -0.39 is 5.25 Å². The molecule has 1 N–H and O–H groups in total. The van der Waals surface area contributed by atoms with Gasteiger partial charge in [0.15, 0.2) is 0 Å². The summed E-state index contributed by atoms with van der Waals surface area (Å²) in [6, 6.07) is 25.0. The third kappa shape index (κ3) is 5.56. The number of aryl methyl sites for hydroxylation is 1. The monoisotopic (exact) mass is 445 g/mol. The van der Waals surface area contributed by atoms with E-state index in [1.54, 1.807) is 7.11 Å². The Morgan fingerprint density at radius 2 is 1.72 bits per heavy atom. The van der Waals surface area contributed by atoms with E-state index in [1.165, 1.54) is 11.8 Å². The molecule has 0 aliphatic heterocycles. The zero-order valence-corrected chi connectivity index (χ0v) is 18.6. The van der Waals surface area contributed by atoms with Crippen molar-refractivity contribution in [1.82, 2.24) is 10.2 Å². The summed E-state index contributed by atoms with van der Waals surface area (Å²) in [5.74, 6) is 1.13. The maximum absolute atomic E-state index is 13.1. The largest absolute Gasteiger partial charge is 0.497 e. The molecule has 1 amide bonds. The lowest BCUT2D eigenvalue weighted by Gasteiger charge is -2.15. The third-order valence-corrected chi connectivity index (χ3v) is 5.93. The van der Waals surface area contributed by atoms with Crippen molar-refractivity contribution in [2.45, 2.75) is 23.8 Å². The summed E-state index contributed by atoms with van der Waals surface area (Å²) in [5.41, 5.74) is 3.76. The minimum atomic E-state index is -0.535. The second-order valence-electron chi connectivity index (χ2n) is 7.25. The van der Waals surface area contributed by atoms with E-state index in [4.69, 9.17) is 9.15 Å². The molecule has 1 atom stereocenters. The SMILES string of the molecule is COc1ccc(Cc2nnc(SC(C(=O)Nc3ccc(C)cc3)c3ccccc3)o2)cc1. The number of nitrogens with one attached hydrogen (secondary N) is 1. The van der Waals surface area contributed by atoms with E-state index in [2.05, 4.69) is 15.5 Å². The Hall–Kier alpha value is -3.58. The molecule has 1 heterocycles. The van der Waals surface area contributed by atoms with Crippen LogP contribution in [0.5, 0.6) is 5.75 Å². The summed E-state index contributed by atoms with van der Waals surface area (Å²) in [7, 11) is 1.63. The highest BCUT2D eigenvalue weighted by atomic mass is 32.2. The first-order valence-electron chi connectivity index (χ1n) is 10.1. The van der Waals surface area contributed by atoms with Crippen molar-refractivity contribution in [3.05, 3.63) is 101 Å². The molecular weight excluding hydrogens is 422 g/mol. The zero-order valence-electron chi connectivity index (χ0n) is 17.8. The van der Waals surface area contributed by atoms with Gasteiger partial charge in [-0.05, 0) is 54.1 Å². The number of anilines is 1. The predicted octanol–water partition coefficient (Wildman–Crippen LogP) is 5.45. The van der Waals surface area contributed by atoms with Gasteiger partial charge in [-0.2, -0.15) is 0 Å². The normalized spacial score (nSPS) is 11.7. The van der Waals surface area contributed by atoms with E-state index in [1.807, 2.05) is 85.8 Å². The summed E-state index contributed by atoms with van der Waals surface area (Å²) in [6.07, 6.45) is 0.503. The highest BCUT2D eigenvalue weighted by molar-refractivity contribution is 8.00. The number of ether oxygens (including phenoxy) is 1. The lowest BCUT2D eigenvalue weighted by molar-refractivity contribution is -0.115. The van der Waals surface area contributed by atoms with Crippen LogP contribution in [-0.4, -0.2) is 23.2 Å². The molecule has 0 radical (unpaired) electrons. The molecule has 0 fully saturated rings. The number of aromatic nitrogens is 2. The Balaban J connectivity index is 1.49. The van der Waals surface area contributed by atoms with Gasteiger partial charge in [0.1, 0.15) is 11.0 Å². The molecule has 7 heteroatoms. The Morgan fingerprint density at radius 1 is 1.00 bits per heavy atom. The lowest BCUT2D eigenvalue weighted by atomic mass is 10.1. The van der Waals surface area contributed by atoms with Crippen molar-refractivity contribution in [2.75, 3.05) is 12.4 Å². The van der Waals surface area contributed by atoms with Crippen LogP contribution in [0.25, 0.3) is 0 Å². The van der Waals surface area contributed by atoms with Gasteiger partial charge in [0.25, 0.3) is 5.22 Å². The van der Waals surface area contributed by atoms with Gasteiger partial charge in [0.2, 0.25) is 11.8 Å². The van der Waals surface area contributed by atoms with Crippen LogP contribution in [0.1, 0.15) is 27.8 Å². The van der Waals surface area contributed by atoms with Gasteiger partial charge in [0, 0.05) is 5.69 Å². The van der Waals surface area contributed by atoms with E-state index in [0.29, 0.717) is 17.5 Å². The molecule has 0 saturated heterocycles. The van der Waals surface area contributed by atoms with E-state index in [-0.39, 0.29) is 5.91 Å². The van der Waals surface area contributed by atoms with Crippen LogP contribution >= 0.6 is 11.8 Å². The fourth-order valence-electron chi connectivity index (χ4n) is 3.12. The summed E-state index contributed by atoms with van der Waals surface area (Å²) in [6.45, 7) is 2.01. The molecule has 0 saturated carbocycles. The predicted molar refractivity (Wildman–Crippen MR) is 125 cm³/mol. The standard InChI is InChI=1S/C25H23N3O3S/c1-17-8-12-20(13-9-17)26-24(29)23(19-6-4-3-5-7-19)32-25-28-27-22(31-25)16-18-10-14-21(30-2)15-11-18/h3-15,23H,16H2,1-2H3,(H,26,29). The van der Waals surface area contributed by atoms with Crippen LogP contribution in [0, 0.1) is 6.92 Å². The number of nitrogens with zero attached hydrogens (tertiary/aromatic N) is 2. The van der Waals surface area contributed by atoms with E-state index in [9.17, 15) is 4.79 Å². The van der Waals surface area contributed by atoms with Crippen LogP contribution in [0.2, 0.25) is 0 Å². The second-order valence-corrected chi connectivity index (χ2v) is 8.31. The molecule has 32 heavy (non-hydrogen) atoms. The lowest BCUT2D eigenvalue weighted by Crippen LogP contribution is -2.19. The Morgan fingerprint density at radius 3 is 2.41 bits per heavy atom. The zero-order chi connectivity index (χ0) is 22.3. The first-order valence-corrected chi connectivity index (χ1v) is 11.0. The number of hydrogen-bond acceptors (Lipinski definition) is 6. The van der Waals surface area contributed by atoms with Crippen LogP contribution < -0.4 is 10.1 Å². The van der Waals surface area contributed by atoms with Crippen LogP contribution in [0.15, 0.2) is 88.5 Å². The highest BCUT2D eigenvalue weighted by Crippen LogP contribution is 2.35. The van der Waals surface area contributed by atoms with Gasteiger partial charge in [-0.3, -0.25) is 4.79 Å². The molecule has 4 rings (SSSR count). The third-order valence-electron chi connectivity index (χ3n) is 4.84. The minimum Gasteiger partial charge on any atom is -0.497 e. The molecule has 162 valence electrons. The fourth-order valence-corrected chi connectivity index (χ4v) is 4.01. The molecule has 0 aliphatic rings. The molecule has 0 aliphatic carbocycles. The van der Waals surface area contributed by atoms with Crippen molar-refractivity contribution >= 4 is 23.4 Å². The average molecular weight is 446 g/mol. The van der Waals surface area contributed by atoms with E-state index in [0.717, 1.165) is 28.1 Å². The molecular formula is C25H23N3O3S. The molecule has 1 unspecified atom stereocenters. The van der Waals surface area contributed by atoms with Crippen LogP contribution in [0.4, 0.5) is 5.69 Å². The number of carbonyl (C=O) groups is 1. The highest BCUT2D eigenvalue weighted by Gasteiger charge is 2.25. The molecule has 6 nitrogen and oxygen atoms in total. The number of hydrogen-bond donors (Lipinski definition) is 1. The van der Waals surface area contributed by atoms with E-state index >= 15 is 0 Å². The van der Waals surface area contributed by atoms with Crippen molar-refractivity contribution in [2.24, 2.45) is 0 Å². The number of amides is 1. The smallest absolute Gasteiger partial charge is 0.277 e. The van der Waals surface area contributed by atoms with Crippen LogP contribution in [-0.2, 0) is 11.2 Å². The van der Waals surface area contributed by atoms with Gasteiger partial charge >= 0.3 is 0 Å². The van der Waals surface area contributed by atoms with Gasteiger partial charge in [-0.25, -0.2) is 0 Å². The molecule has 0 spiro atoms. The number of thioether (sulfide) groups is 1. The second kappa shape index (κ2) is 10.2. The maximum atomic E-state index is 13.1. The quantitative estimate of drug-likeness (QED) is 0.364. The number of rotatable bonds is 8. The Kier molecular flexibility index (Phi) is 6.87. The first kappa shape index (κ1) is 21.6. The molecule has 4 aromatic rings. The first-order chi connectivity index (χ1) is 15.6. The Labute approximate surface area is 191 Å². The van der Waals surface area contributed by atoms with Crippen molar-refractivity contribution in [1.29, 1.82) is 0 Å². The summed E-state index contributed by atoms with van der Waals surface area (Å²) >= 11 is 1.24. The number of benzene rings is 3. The van der Waals surface area contributed by atoms with Crippen molar-refractivity contribution in [3.8, 4) is 5.75 Å². The molecule has 1 aromatic heterocycles. The van der Waals surface area contributed by atoms with Gasteiger partial charge in [0.05, 0.1) is 13.5 Å². The average Bonchev–Trinajstić information content (AvgIpc) is 3.27.